The Kier molecular flexibility index (Phi) is 1.64. The van der Waals surface area contributed by atoms with Gasteiger partial charge in [0.05, 0.1) is 19.3 Å². The fourth-order valence-electron chi connectivity index (χ4n) is 1.41. The van der Waals surface area contributed by atoms with Crippen molar-refractivity contribution in [3.8, 4) is 0 Å². The van der Waals surface area contributed by atoms with Crippen molar-refractivity contribution in [1.82, 2.24) is 4.90 Å². The molecule has 0 amide bonds. The van der Waals surface area contributed by atoms with E-state index < -0.39 is 0 Å². The van der Waals surface area contributed by atoms with E-state index in [1.807, 2.05) is 0 Å². The molecule has 2 aliphatic heterocycles. The van der Waals surface area contributed by atoms with Crippen molar-refractivity contribution in [3.05, 3.63) is 6.10 Å². The first-order valence-electron chi connectivity index (χ1n) is 3.72. The molecule has 57 valence electrons. The average Bonchev–Trinajstić information content (AvgIpc) is 2.10. The fourth-order valence-corrected chi connectivity index (χ4v) is 1.41. The molecule has 0 aliphatic carbocycles. The van der Waals surface area contributed by atoms with Gasteiger partial charge in [0.25, 0.3) is 0 Å². The van der Waals surface area contributed by atoms with E-state index in [1.54, 1.807) is 0 Å². The van der Waals surface area contributed by atoms with Crippen LogP contribution in [0.15, 0.2) is 0 Å². The van der Waals surface area contributed by atoms with E-state index >= 15 is 0 Å². The minimum absolute atomic E-state index is 0.588. The third-order valence-corrected chi connectivity index (χ3v) is 2.21. The minimum atomic E-state index is 0.588. The molecule has 2 aliphatic rings. The Labute approximate surface area is 60.6 Å². The molecule has 0 aromatic rings. The molecule has 0 atom stereocenters. The Bertz CT molecular complexity index is 125. The molecule has 1 radical (unpaired) electrons. The van der Waals surface area contributed by atoms with Crippen LogP contribution in [0.1, 0.15) is 6.42 Å². The van der Waals surface area contributed by atoms with Gasteiger partial charge in [-0.15, -0.1) is 0 Å². The Hall–Kier alpha value is -0.120. The van der Waals surface area contributed by atoms with Gasteiger partial charge in [0.1, 0.15) is 6.10 Å². The van der Waals surface area contributed by atoms with Crippen molar-refractivity contribution >= 4 is 0 Å². The summed E-state index contributed by atoms with van der Waals surface area (Å²) in [6.07, 6.45) is 1.49. The number of aliphatic hydroxyl groups is 1. The number of hydrogen-bond donors (Lipinski definition) is 1. The molecular formula is C7H12NO2. The van der Waals surface area contributed by atoms with Crippen LogP contribution in [0, 0.1) is 6.10 Å². The van der Waals surface area contributed by atoms with Crippen LogP contribution in [-0.2, 0) is 4.74 Å². The number of aliphatic hydroxyl groups excluding tert-OH is 1. The SMILES string of the molecule is O[C]1CCN(C2COC2)C1. The molecule has 0 aromatic carbocycles. The zero-order valence-corrected chi connectivity index (χ0v) is 5.92. The molecule has 1 N–H and O–H groups in total. The van der Waals surface area contributed by atoms with Gasteiger partial charge in [-0.25, -0.2) is 0 Å². The predicted molar refractivity (Wildman–Crippen MR) is 36.0 cm³/mol. The normalized spacial score (nSPS) is 30.9. The summed E-state index contributed by atoms with van der Waals surface area (Å²) in [6, 6.07) is 0.588. The Morgan fingerprint density at radius 1 is 1.50 bits per heavy atom. The van der Waals surface area contributed by atoms with Crippen LogP contribution in [0.3, 0.4) is 0 Å². The van der Waals surface area contributed by atoms with E-state index in [9.17, 15) is 0 Å². The molecule has 10 heavy (non-hydrogen) atoms. The van der Waals surface area contributed by atoms with Gasteiger partial charge in [0.15, 0.2) is 0 Å². The maximum Gasteiger partial charge on any atom is 0.108 e. The molecule has 2 rings (SSSR count). The lowest BCUT2D eigenvalue weighted by Gasteiger charge is -2.34. The minimum Gasteiger partial charge on any atom is -0.385 e. The summed E-state index contributed by atoms with van der Waals surface area (Å²) < 4.78 is 5.05. The largest absolute Gasteiger partial charge is 0.385 e. The summed E-state index contributed by atoms with van der Waals surface area (Å²) in [7, 11) is 0. The smallest absolute Gasteiger partial charge is 0.108 e. The summed E-state index contributed by atoms with van der Waals surface area (Å²) in [6.45, 7) is 3.49. The van der Waals surface area contributed by atoms with Crippen LogP contribution in [0.5, 0.6) is 0 Å². The highest BCUT2D eigenvalue weighted by Crippen LogP contribution is 2.20. The molecular weight excluding hydrogens is 130 g/mol. The monoisotopic (exact) mass is 142 g/mol. The fraction of sp³-hybridized carbons (Fsp3) is 0.857. The van der Waals surface area contributed by atoms with Gasteiger partial charge in [0, 0.05) is 13.1 Å². The first-order chi connectivity index (χ1) is 4.86. The van der Waals surface area contributed by atoms with Gasteiger partial charge >= 0.3 is 0 Å². The van der Waals surface area contributed by atoms with Crippen LogP contribution in [-0.4, -0.2) is 42.4 Å². The predicted octanol–water partition coefficient (Wildman–Crippen LogP) is -0.00461. The summed E-state index contributed by atoms with van der Waals surface area (Å²) in [5, 5.41) is 9.10. The molecule has 0 bridgehead atoms. The Balaban J connectivity index is 1.82. The maximum atomic E-state index is 9.10. The third kappa shape index (κ3) is 1.05. The Morgan fingerprint density at radius 3 is 2.70 bits per heavy atom. The lowest BCUT2D eigenvalue weighted by molar-refractivity contribution is -0.0576. The van der Waals surface area contributed by atoms with Crippen molar-refractivity contribution < 1.29 is 9.84 Å². The Morgan fingerprint density at radius 2 is 2.30 bits per heavy atom. The van der Waals surface area contributed by atoms with Crippen molar-refractivity contribution in [3.63, 3.8) is 0 Å². The highest BCUT2D eigenvalue weighted by atomic mass is 16.5. The molecule has 2 fully saturated rings. The molecule has 0 spiro atoms. The molecule has 0 saturated carbocycles. The zero-order chi connectivity index (χ0) is 6.97. The second-order valence-corrected chi connectivity index (χ2v) is 2.98. The molecule has 3 heteroatoms. The summed E-state index contributed by atoms with van der Waals surface area (Å²) in [5.74, 6) is 0. The molecule has 2 heterocycles. The van der Waals surface area contributed by atoms with E-state index in [0.29, 0.717) is 12.1 Å². The van der Waals surface area contributed by atoms with E-state index in [1.165, 1.54) is 0 Å². The summed E-state index contributed by atoms with van der Waals surface area (Å²) >= 11 is 0. The van der Waals surface area contributed by atoms with Crippen molar-refractivity contribution in [2.24, 2.45) is 0 Å². The van der Waals surface area contributed by atoms with E-state index in [-0.39, 0.29) is 0 Å². The number of hydrogen-bond acceptors (Lipinski definition) is 3. The van der Waals surface area contributed by atoms with E-state index in [2.05, 4.69) is 4.90 Å². The van der Waals surface area contributed by atoms with Crippen molar-refractivity contribution in [2.45, 2.75) is 12.5 Å². The highest BCUT2D eigenvalue weighted by molar-refractivity contribution is 4.93. The first kappa shape index (κ1) is 6.58. The second-order valence-electron chi connectivity index (χ2n) is 2.98. The van der Waals surface area contributed by atoms with Crippen molar-refractivity contribution in [1.29, 1.82) is 0 Å². The van der Waals surface area contributed by atoms with Gasteiger partial charge in [0.2, 0.25) is 0 Å². The van der Waals surface area contributed by atoms with Crippen LogP contribution < -0.4 is 0 Å². The molecule has 2 saturated heterocycles. The average molecular weight is 142 g/mol. The van der Waals surface area contributed by atoms with E-state index in [0.717, 1.165) is 32.7 Å². The lowest BCUT2D eigenvalue weighted by Crippen LogP contribution is -2.47. The third-order valence-electron chi connectivity index (χ3n) is 2.21. The molecule has 0 unspecified atom stereocenters. The van der Waals surface area contributed by atoms with Crippen LogP contribution in [0.25, 0.3) is 0 Å². The van der Waals surface area contributed by atoms with E-state index in [4.69, 9.17) is 9.84 Å². The number of nitrogens with zero attached hydrogens (tertiary/aromatic N) is 1. The topological polar surface area (TPSA) is 32.7 Å². The molecule has 0 aromatic heterocycles. The quantitative estimate of drug-likeness (QED) is 0.559. The van der Waals surface area contributed by atoms with Gasteiger partial charge in [-0.2, -0.15) is 0 Å². The standard InChI is InChI=1S/C7H12NO2/c9-7-1-2-8(3-7)6-4-10-5-6/h6,9H,1-5H2. The number of rotatable bonds is 1. The first-order valence-corrected chi connectivity index (χ1v) is 3.72. The number of ether oxygens (including phenoxy) is 1. The lowest BCUT2D eigenvalue weighted by atomic mass is 10.2. The molecule has 3 nitrogen and oxygen atoms in total. The summed E-state index contributed by atoms with van der Waals surface area (Å²) in [4.78, 5) is 2.28. The maximum absolute atomic E-state index is 9.10. The van der Waals surface area contributed by atoms with Crippen LogP contribution in [0.2, 0.25) is 0 Å². The summed E-state index contributed by atoms with van der Waals surface area (Å²) in [5.41, 5.74) is 0. The van der Waals surface area contributed by atoms with Gasteiger partial charge in [-0.3, -0.25) is 4.90 Å². The van der Waals surface area contributed by atoms with Gasteiger partial charge in [-0.1, -0.05) is 0 Å². The zero-order valence-electron chi connectivity index (χ0n) is 5.92. The van der Waals surface area contributed by atoms with Crippen molar-refractivity contribution in [2.75, 3.05) is 26.3 Å². The van der Waals surface area contributed by atoms with Crippen LogP contribution in [0.4, 0.5) is 0 Å². The highest BCUT2D eigenvalue weighted by Gasteiger charge is 2.31. The number of likely N-dealkylation sites (tertiary alicyclic amines) is 1. The van der Waals surface area contributed by atoms with Gasteiger partial charge in [-0.05, 0) is 6.42 Å². The van der Waals surface area contributed by atoms with Crippen LogP contribution >= 0.6 is 0 Å². The van der Waals surface area contributed by atoms with Gasteiger partial charge < -0.3 is 9.84 Å². The second kappa shape index (κ2) is 2.49.